The van der Waals surface area contributed by atoms with E-state index >= 15 is 0 Å². The molecule has 1 saturated heterocycles. The number of nitrogens with zero attached hydrogens (tertiary/aromatic N) is 2. The molecule has 1 aromatic heterocycles. The average molecular weight is 377 g/mol. The molecule has 0 spiro atoms. The van der Waals surface area contributed by atoms with Crippen LogP contribution in [0, 0.1) is 5.92 Å². The van der Waals surface area contributed by atoms with Gasteiger partial charge in [-0.1, -0.05) is 18.2 Å². The number of benzene rings is 1. The van der Waals surface area contributed by atoms with Crippen LogP contribution in [0.5, 0.6) is 0 Å². The number of sulfonamides is 1. The first-order chi connectivity index (χ1) is 12.5. The van der Waals surface area contributed by atoms with Crippen LogP contribution in [0.4, 0.5) is 5.69 Å². The van der Waals surface area contributed by atoms with Crippen LogP contribution >= 0.6 is 0 Å². The van der Waals surface area contributed by atoms with Crippen LogP contribution in [-0.2, 0) is 19.6 Å². The predicted octanol–water partition coefficient (Wildman–Crippen LogP) is 1.86. The van der Waals surface area contributed by atoms with Gasteiger partial charge in [0.15, 0.2) is 0 Å². The summed E-state index contributed by atoms with van der Waals surface area (Å²) in [5.41, 5.74) is 1.44. The molecule has 3 rings (SSSR count). The third kappa shape index (κ3) is 4.20. The van der Waals surface area contributed by atoms with Gasteiger partial charge in [-0.25, -0.2) is 12.7 Å². The number of pyridine rings is 1. The maximum absolute atomic E-state index is 12.6. The molecule has 2 heterocycles. The summed E-state index contributed by atoms with van der Waals surface area (Å²) in [7, 11) is -1.84. The van der Waals surface area contributed by atoms with Crippen molar-refractivity contribution in [3.05, 3.63) is 36.5 Å². The molecular weight excluding hydrogens is 354 g/mol. The van der Waals surface area contributed by atoms with E-state index in [0.717, 1.165) is 10.9 Å². The van der Waals surface area contributed by atoms with E-state index in [4.69, 9.17) is 4.74 Å². The lowest BCUT2D eigenvalue weighted by Gasteiger charge is -2.30. The van der Waals surface area contributed by atoms with E-state index in [1.165, 1.54) is 11.4 Å². The quantitative estimate of drug-likeness (QED) is 0.830. The Labute approximate surface area is 153 Å². The molecule has 0 bridgehead atoms. The Morgan fingerprint density at radius 2 is 2.00 bits per heavy atom. The molecule has 1 fully saturated rings. The van der Waals surface area contributed by atoms with Crippen LogP contribution in [0.3, 0.4) is 0 Å². The van der Waals surface area contributed by atoms with E-state index in [2.05, 4.69) is 10.3 Å². The Bertz CT molecular complexity index is 872. The molecule has 1 aliphatic heterocycles. The summed E-state index contributed by atoms with van der Waals surface area (Å²) in [5.74, 6) is -0.317. The number of amides is 1. The summed E-state index contributed by atoms with van der Waals surface area (Å²) in [6.07, 6.45) is 2.72. The van der Waals surface area contributed by atoms with Crippen molar-refractivity contribution in [3.63, 3.8) is 0 Å². The number of carbonyl (C=O) groups is 1. The largest absolute Gasteiger partial charge is 0.384 e. The van der Waals surface area contributed by atoms with Crippen molar-refractivity contribution in [2.24, 2.45) is 5.92 Å². The summed E-state index contributed by atoms with van der Waals surface area (Å²) in [5, 5.41) is 3.92. The lowest BCUT2D eigenvalue weighted by atomic mass is 9.97. The Balaban J connectivity index is 1.62. The zero-order valence-corrected chi connectivity index (χ0v) is 15.5. The van der Waals surface area contributed by atoms with Crippen molar-refractivity contribution in [3.8, 4) is 0 Å². The van der Waals surface area contributed by atoms with E-state index in [-0.39, 0.29) is 24.2 Å². The van der Waals surface area contributed by atoms with Gasteiger partial charge in [-0.15, -0.1) is 0 Å². The van der Waals surface area contributed by atoms with Crippen LogP contribution in [0.25, 0.3) is 10.9 Å². The van der Waals surface area contributed by atoms with Crippen molar-refractivity contribution in [2.75, 3.05) is 37.9 Å². The third-order valence-corrected chi connectivity index (χ3v) is 6.49. The van der Waals surface area contributed by atoms with Crippen LogP contribution in [0.2, 0.25) is 0 Å². The summed E-state index contributed by atoms with van der Waals surface area (Å²) >= 11 is 0. The first-order valence-corrected chi connectivity index (χ1v) is 10.2. The number of rotatable bonds is 6. The molecule has 1 amide bonds. The summed E-state index contributed by atoms with van der Waals surface area (Å²) in [6.45, 7) is 0.896. The highest BCUT2D eigenvalue weighted by molar-refractivity contribution is 7.89. The second kappa shape index (κ2) is 8.11. The predicted molar refractivity (Wildman–Crippen MR) is 100 cm³/mol. The lowest BCUT2D eigenvalue weighted by Crippen LogP contribution is -2.42. The minimum atomic E-state index is -3.32. The van der Waals surface area contributed by atoms with Gasteiger partial charge >= 0.3 is 0 Å². The molecule has 1 aromatic carbocycles. The monoisotopic (exact) mass is 377 g/mol. The average Bonchev–Trinajstić information content (AvgIpc) is 2.67. The van der Waals surface area contributed by atoms with Gasteiger partial charge < -0.3 is 10.1 Å². The van der Waals surface area contributed by atoms with E-state index < -0.39 is 10.0 Å². The van der Waals surface area contributed by atoms with Gasteiger partial charge in [-0.3, -0.25) is 9.78 Å². The molecule has 26 heavy (non-hydrogen) atoms. The summed E-state index contributed by atoms with van der Waals surface area (Å²) in [4.78, 5) is 17.0. The normalized spacial score (nSPS) is 16.7. The first-order valence-electron chi connectivity index (χ1n) is 8.62. The second-order valence-corrected chi connectivity index (χ2v) is 8.44. The van der Waals surface area contributed by atoms with Gasteiger partial charge in [-0.2, -0.15) is 0 Å². The number of nitrogens with one attached hydrogen (secondary N) is 1. The molecule has 0 radical (unpaired) electrons. The minimum Gasteiger partial charge on any atom is -0.384 e. The highest BCUT2D eigenvalue weighted by atomic mass is 32.2. The van der Waals surface area contributed by atoms with Crippen LogP contribution in [0.15, 0.2) is 36.5 Å². The highest BCUT2D eigenvalue weighted by Crippen LogP contribution is 2.24. The zero-order chi connectivity index (χ0) is 18.6. The van der Waals surface area contributed by atoms with Gasteiger partial charge in [0, 0.05) is 37.7 Å². The van der Waals surface area contributed by atoms with E-state index in [1.807, 2.05) is 30.3 Å². The number of fused-ring (bicyclic) bond motifs is 1. The van der Waals surface area contributed by atoms with Gasteiger partial charge in [-0.05, 0) is 25.0 Å². The molecule has 7 nitrogen and oxygen atoms in total. The molecule has 8 heteroatoms. The second-order valence-electron chi connectivity index (χ2n) is 6.35. The molecule has 0 aliphatic carbocycles. The fraction of sp³-hybridized carbons (Fsp3) is 0.444. The smallest absolute Gasteiger partial charge is 0.227 e. The molecule has 0 atom stereocenters. The number of hydrogen-bond acceptors (Lipinski definition) is 5. The highest BCUT2D eigenvalue weighted by Gasteiger charge is 2.31. The number of aromatic nitrogens is 1. The molecular formula is C18H23N3O4S. The zero-order valence-electron chi connectivity index (χ0n) is 14.7. The minimum absolute atomic E-state index is 0.0258. The maximum atomic E-state index is 12.6. The lowest BCUT2D eigenvalue weighted by molar-refractivity contribution is -0.120. The van der Waals surface area contributed by atoms with E-state index in [0.29, 0.717) is 31.6 Å². The fourth-order valence-electron chi connectivity index (χ4n) is 3.15. The van der Waals surface area contributed by atoms with Gasteiger partial charge in [0.2, 0.25) is 15.9 Å². The molecule has 2 aromatic rings. The number of carbonyl (C=O) groups excluding carboxylic acids is 1. The van der Waals surface area contributed by atoms with Gasteiger partial charge in [0.1, 0.15) is 0 Å². The number of hydrogen-bond donors (Lipinski definition) is 1. The number of anilines is 1. The van der Waals surface area contributed by atoms with Crippen LogP contribution < -0.4 is 5.32 Å². The van der Waals surface area contributed by atoms with E-state index in [9.17, 15) is 13.2 Å². The van der Waals surface area contributed by atoms with Crippen LogP contribution in [-0.4, -0.2) is 56.2 Å². The molecule has 1 aliphatic rings. The van der Waals surface area contributed by atoms with Crippen molar-refractivity contribution in [2.45, 2.75) is 12.8 Å². The van der Waals surface area contributed by atoms with Crippen LogP contribution in [0.1, 0.15) is 12.8 Å². The number of ether oxygens (including phenoxy) is 1. The topological polar surface area (TPSA) is 88.6 Å². The molecule has 140 valence electrons. The SMILES string of the molecule is COCCS(=O)(=O)N1CCC(C(=O)Nc2cccc3cccnc23)CC1. The summed E-state index contributed by atoms with van der Waals surface area (Å²) < 4.78 is 30.7. The molecule has 0 saturated carbocycles. The Morgan fingerprint density at radius 3 is 2.73 bits per heavy atom. The Morgan fingerprint density at radius 1 is 1.27 bits per heavy atom. The molecule has 0 unspecified atom stereocenters. The third-order valence-electron chi connectivity index (χ3n) is 4.65. The van der Waals surface area contributed by atoms with E-state index in [1.54, 1.807) is 6.20 Å². The van der Waals surface area contributed by atoms with Crippen molar-refractivity contribution in [1.29, 1.82) is 0 Å². The summed E-state index contributed by atoms with van der Waals surface area (Å²) in [6, 6.07) is 9.46. The number of para-hydroxylation sites is 1. The maximum Gasteiger partial charge on any atom is 0.227 e. The van der Waals surface area contributed by atoms with Crippen molar-refractivity contribution < 1.29 is 17.9 Å². The van der Waals surface area contributed by atoms with Gasteiger partial charge in [0.05, 0.1) is 23.6 Å². The number of piperidine rings is 1. The molecule has 1 N–H and O–H groups in total. The Hall–Kier alpha value is -2.03. The standard InChI is InChI=1S/C18H23N3O4S/c1-25-12-13-26(23,24)21-10-7-15(8-11-21)18(22)20-16-6-2-4-14-5-3-9-19-17(14)16/h2-6,9,15H,7-8,10-13H2,1H3,(H,20,22). The van der Waals surface area contributed by atoms with Crippen molar-refractivity contribution >= 4 is 32.5 Å². The first kappa shape index (κ1) is 18.8. The number of methoxy groups -OCH3 is 1. The van der Waals surface area contributed by atoms with Gasteiger partial charge in [0.25, 0.3) is 0 Å². The van der Waals surface area contributed by atoms with Crippen molar-refractivity contribution in [1.82, 2.24) is 9.29 Å². The Kier molecular flexibility index (Phi) is 5.85. The fourth-order valence-corrected chi connectivity index (χ4v) is 4.56.